The molecule has 4 nitrogen and oxygen atoms in total. The van der Waals surface area contributed by atoms with Crippen LogP contribution in [0.5, 0.6) is 0 Å². The van der Waals surface area contributed by atoms with Gasteiger partial charge in [0.05, 0.1) is 13.2 Å². The lowest BCUT2D eigenvalue weighted by molar-refractivity contribution is -0.165. The van der Waals surface area contributed by atoms with E-state index in [0.29, 0.717) is 19.1 Å². The van der Waals surface area contributed by atoms with Crippen LogP contribution in [-0.2, 0) is 19.1 Å². The van der Waals surface area contributed by atoms with Crippen molar-refractivity contribution in [2.75, 3.05) is 13.2 Å². The van der Waals surface area contributed by atoms with Gasteiger partial charge in [-0.25, -0.2) is 0 Å². The number of carbonyl (C=O) groups is 2. The van der Waals surface area contributed by atoms with Crippen LogP contribution in [0.15, 0.2) is 0 Å². The van der Waals surface area contributed by atoms with Gasteiger partial charge in [-0.05, 0) is 38.5 Å². The molecule has 0 heterocycles. The average molecular weight is 242 g/mol. The molecule has 1 saturated carbocycles. The predicted molar refractivity (Wildman–Crippen MR) is 63.3 cm³/mol. The van der Waals surface area contributed by atoms with E-state index in [2.05, 4.69) is 0 Å². The summed E-state index contributed by atoms with van der Waals surface area (Å²) in [5, 5.41) is 0. The maximum absolute atomic E-state index is 11.9. The highest BCUT2D eigenvalue weighted by Gasteiger charge is 2.44. The van der Waals surface area contributed by atoms with Gasteiger partial charge in [-0.2, -0.15) is 0 Å². The van der Waals surface area contributed by atoms with Gasteiger partial charge in [0.25, 0.3) is 0 Å². The van der Waals surface area contributed by atoms with Crippen LogP contribution < -0.4 is 0 Å². The van der Waals surface area contributed by atoms with Crippen molar-refractivity contribution >= 4 is 11.9 Å². The monoisotopic (exact) mass is 242 g/mol. The molecule has 0 bridgehead atoms. The lowest BCUT2D eigenvalue weighted by atomic mass is 9.86. The van der Waals surface area contributed by atoms with E-state index < -0.39 is 17.9 Å². The maximum atomic E-state index is 11.9. The fraction of sp³-hybridized carbons (Fsp3) is 0.846. The van der Waals surface area contributed by atoms with Crippen molar-refractivity contribution in [1.29, 1.82) is 0 Å². The summed E-state index contributed by atoms with van der Waals surface area (Å²) < 4.78 is 9.98. The third kappa shape index (κ3) is 3.72. The van der Waals surface area contributed by atoms with E-state index in [1.807, 2.05) is 6.92 Å². The Bertz CT molecular complexity index is 253. The largest absolute Gasteiger partial charge is 0.465 e. The van der Waals surface area contributed by atoms with E-state index >= 15 is 0 Å². The second-order valence-electron chi connectivity index (χ2n) is 4.39. The molecule has 0 saturated heterocycles. The van der Waals surface area contributed by atoms with Gasteiger partial charge in [0.15, 0.2) is 5.92 Å². The van der Waals surface area contributed by atoms with E-state index in [1.54, 1.807) is 13.8 Å². The summed E-state index contributed by atoms with van der Waals surface area (Å²) in [7, 11) is 0. The molecule has 1 fully saturated rings. The van der Waals surface area contributed by atoms with Gasteiger partial charge in [-0.3, -0.25) is 9.59 Å². The van der Waals surface area contributed by atoms with Crippen LogP contribution >= 0.6 is 0 Å². The highest BCUT2D eigenvalue weighted by molar-refractivity contribution is 5.95. The zero-order chi connectivity index (χ0) is 12.8. The van der Waals surface area contributed by atoms with Crippen molar-refractivity contribution < 1.29 is 19.1 Å². The van der Waals surface area contributed by atoms with Crippen LogP contribution in [0.4, 0.5) is 0 Å². The van der Waals surface area contributed by atoms with Crippen molar-refractivity contribution in [2.24, 2.45) is 17.8 Å². The summed E-state index contributed by atoms with van der Waals surface area (Å²) in [6.07, 6.45) is 3.02. The lowest BCUT2D eigenvalue weighted by Gasteiger charge is -2.22. The molecule has 0 aromatic carbocycles. The van der Waals surface area contributed by atoms with Crippen molar-refractivity contribution in [3.05, 3.63) is 0 Å². The highest BCUT2D eigenvalue weighted by atomic mass is 16.6. The molecule has 0 amide bonds. The average Bonchev–Trinajstić information content (AvgIpc) is 3.09. The molecule has 1 unspecified atom stereocenters. The van der Waals surface area contributed by atoms with Crippen molar-refractivity contribution in [2.45, 2.75) is 40.0 Å². The van der Waals surface area contributed by atoms with E-state index in [0.717, 1.165) is 19.3 Å². The first-order chi connectivity index (χ1) is 8.15. The zero-order valence-electron chi connectivity index (χ0n) is 10.9. The lowest BCUT2D eigenvalue weighted by Crippen LogP contribution is -2.35. The third-order valence-electron chi connectivity index (χ3n) is 3.21. The van der Waals surface area contributed by atoms with Gasteiger partial charge in [-0.15, -0.1) is 0 Å². The molecule has 0 aromatic rings. The topological polar surface area (TPSA) is 52.6 Å². The first-order valence-corrected chi connectivity index (χ1v) is 6.48. The molecule has 0 aromatic heterocycles. The van der Waals surface area contributed by atoms with E-state index in [9.17, 15) is 9.59 Å². The maximum Gasteiger partial charge on any atom is 0.320 e. The molecule has 1 aliphatic rings. The molecule has 4 heteroatoms. The van der Waals surface area contributed by atoms with Crippen molar-refractivity contribution in [3.63, 3.8) is 0 Å². The molecule has 0 spiro atoms. The number of hydrogen-bond acceptors (Lipinski definition) is 4. The second kappa shape index (κ2) is 6.62. The Labute approximate surface area is 103 Å². The SMILES string of the molecule is CCOC(=O)C(C(=O)OCC)C(CC)C1CC1. The van der Waals surface area contributed by atoms with Crippen LogP contribution in [0.1, 0.15) is 40.0 Å². The van der Waals surface area contributed by atoms with Crippen LogP contribution in [0.2, 0.25) is 0 Å². The quantitative estimate of drug-likeness (QED) is 0.507. The Morgan fingerprint density at radius 3 is 1.82 bits per heavy atom. The summed E-state index contributed by atoms with van der Waals surface area (Å²) >= 11 is 0. The minimum Gasteiger partial charge on any atom is -0.465 e. The molecule has 17 heavy (non-hydrogen) atoms. The molecule has 1 aliphatic carbocycles. The van der Waals surface area contributed by atoms with Gasteiger partial charge in [0, 0.05) is 0 Å². The van der Waals surface area contributed by atoms with Gasteiger partial charge in [0.1, 0.15) is 0 Å². The predicted octanol–water partition coefficient (Wildman–Crippen LogP) is 2.17. The van der Waals surface area contributed by atoms with Gasteiger partial charge < -0.3 is 9.47 Å². The molecular formula is C13H22O4. The molecule has 0 radical (unpaired) electrons. The minimum absolute atomic E-state index is 0.0769. The second-order valence-corrected chi connectivity index (χ2v) is 4.39. The number of carbonyl (C=O) groups excluding carboxylic acids is 2. The fourth-order valence-electron chi connectivity index (χ4n) is 2.28. The summed E-state index contributed by atoms with van der Waals surface area (Å²) in [4.78, 5) is 23.7. The molecule has 1 rings (SSSR count). The van der Waals surface area contributed by atoms with E-state index in [-0.39, 0.29) is 5.92 Å². The van der Waals surface area contributed by atoms with Crippen LogP contribution in [0.3, 0.4) is 0 Å². The Kier molecular flexibility index (Phi) is 5.45. The van der Waals surface area contributed by atoms with E-state index in [1.165, 1.54) is 0 Å². The van der Waals surface area contributed by atoms with Gasteiger partial charge >= 0.3 is 11.9 Å². The van der Waals surface area contributed by atoms with E-state index in [4.69, 9.17) is 9.47 Å². The highest BCUT2D eigenvalue weighted by Crippen LogP contribution is 2.43. The zero-order valence-corrected chi connectivity index (χ0v) is 10.9. The van der Waals surface area contributed by atoms with Crippen molar-refractivity contribution in [1.82, 2.24) is 0 Å². The molecule has 0 aliphatic heterocycles. The van der Waals surface area contributed by atoms with Crippen molar-refractivity contribution in [3.8, 4) is 0 Å². The Morgan fingerprint density at radius 1 is 1.06 bits per heavy atom. The third-order valence-corrected chi connectivity index (χ3v) is 3.21. The molecule has 0 N–H and O–H groups in total. The first-order valence-electron chi connectivity index (χ1n) is 6.48. The van der Waals surface area contributed by atoms with Crippen LogP contribution in [0.25, 0.3) is 0 Å². The number of ether oxygens (including phenoxy) is 2. The normalized spacial score (nSPS) is 16.7. The van der Waals surface area contributed by atoms with Gasteiger partial charge in [-0.1, -0.05) is 13.3 Å². The summed E-state index contributed by atoms with van der Waals surface area (Å²) in [6.45, 7) is 6.11. The molecule has 1 atom stereocenters. The van der Waals surface area contributed by atoms with Crippen LogP contribution in [-0.4, -0.2) is 25.2 Å². The summed E-state index contributed by atoms with van der Waals surface area (Å²) in [5.41, 5.74) is 0. The van der Waals surface area contributed by atoms with Gasteiger partial charge in [0.2, 0.25) is 0 Å². The Hall–Kier alpha value is -1.06. The summed E-state index contributed by atoms with van der Waals surface area (Å²) in [5.74, 6) is -1.02. The van der Waals surface area contributed by atoms with Crippen LogP contribution in [0, 0.1) is 17.8 Å². The number of hydrogen-bond donors (Lipinski definition) is 0. The fourth-order valence-corrected chi connectivity index (χ4v) is 2.28. The summed E-state index contributed by atoms with van der Waals surface area (Å²) in [6, 6.07) is 0. The Balaban J connectivity index is 2.75. The molecule has 98 valence electrons. The standard InChI is InChI=1S/C13H22O4/c1-4-10(9-7-8-9)11(12(14)16-5-2)13(15)17-6-3/h9-11H,4-8H2,1-3H3. The Morgan fingerprint density at radius 2 is 1.53 bits per heavy atom. The number of esters is 2. The minimum atomic E-state index is -0.729. The molecular weight excluding hydrogens is 220 g/mol. The smallest absolute Gasteiger partial charge is 0.320 e. The first kappa shape index (κ1) is 14.0. The number of rotatable bonds is 7.